The van der Waals surface area contributed by atoms with E-state index in [1.165, 1.54) is 0 Å². The number of aromatic nitrogens is 4. The lowest BCUT2D eigenvalue weighted by Gasteiger charge is -2.05. The first kappa shape index (κ1) is 17.2. The summed E-state index contributed by atoms with van der Waals surface area (Å²) in [6, 6.07) is 7.85. The summed E-state index contributed by atoms with van der Waals surface area (Å²) in [5.74, 6) is 1.52. The first-order valence-electron chi connectivity index (χ1n) is 6.96. The van der Waals surface area contributed by atoms with Gasteiger partial charge in [-0.1, -0.05) is 16.9 Å². The second kappa shape index (κ2) is 7.09. The molecule has 3 rings (SSSR count). The van der Waals surface area contributed by atoms with E-state index >= 15 is 0 Å². The van der Waals surface area contributed by atoms with Crippen molar-refractivity contribution < 1.29 is 22.4 Å². The fourth-order valence-corrected chi connectivity index (χ4v) is 2.53. The number of rotatable bonds is 5. The third-order valence-corrected chi connectivity index (χ3v) is 3.92. The Kier molecular flexibility index (Phi) is 4.88. The first-order valence-corrected chi connectivity index (χ1v) is 7.94. The fraction of sp³-hybridized carbons (Fsp3) is 0.200. The van der Waals surface area contributed by atoms with Crippen LogP contribution in [0.2, 0.25) is 0 Å². The van der Waals surface area contributed by atoms with Crippen molar-refractivity contribution in [2.24, 2.45) is 0 Å². The highest BCUT2D eigenvalue weighted by molar-refractivity contribution is 7.98. The minimum Gasteiger partial charge on any atom is -0.497 e. The number of hydrogen-bond acceptors (Lipinski definition) is 7. The monoisotopic (exact) mass is 368 g/mol. The molecule has 0 radical (unpaired) electrons. The smallest absolute Gasteiger partial charge is 0.433 e. The molecule has 0 N–H and O–H groups in total. The minimum absolute atomic E-state index is 0.00868. The van der Waals surface area contributed by atoms with Crippen LogP contribution in [0.3, 0.4) is 0 Å². The van der Waals surface area contributed by atoms with E-state index in [0.29, 0.717) is 23.0 Å². The SMILES string of the molecule is COc1ccc(-c2nc(CSc3nccc(C(F)(F)F)n3)no2)cc1. The van der Waals surface area contributed by atoms with Gasteiger partial charge in [-0.05, 0) is 30.3 Å². The molecule has 0 fully saturated rings. The molecule has 0 saturated carbocycles. The molecule has 0 aliphatic carbocycles. The van der Waals surface area contributed by atoms with E-state index in [9.17, 15) is 13.2 Å². The topological polar surface area (TPSA) is 73.9 Å². The van der Waals surface area contributed by atoms with Crippen molar-refractivity contribution in [2.45, 2.75) is 17.1 Å². The van der Waals surface area contributed by atoms with E-state index in [0.717, 1.165) is 24.0 Å². The van der Waals surface area contributed by atoms with E-state index in [1.807, 2.05) is 0 Å². The summed E-state index contributed by atoms with van der Waals surface area (Å²) in [5.41, 5.74) is -0.281. The molecular formula is C15H11F3N4O2S. The second-order valence-corrected chi connectivity index (χ2v) is 5.70. The molecule has 0 amide bonds. The molecule has 0 bridgehead atoms. The van der Waals surface area contributed by atoms with Crippen molar-refractivity contribution in [2.75, 3.05) is 7.11 Å². The van der Waals surface area contributed by atoms with Crippen molar-refractivity contribution >= 4 is 11.8 Å². The zero-order valence-corrected chi connectivity index (χ0v) is 13.6. The van der Waals surface area contributed by atoms with Gasteiger partial charge in [0.25, 0.3) is 5.89 Å². The van der Waals surface area contributed by atoms with Crippen LogP contribution in [0.15, 0.2) is 46.2 Å². The Labute approximate surface area is 144 Å². The molecule has 2 heterocycles. The lowest BCUT2D eigenvalue weighted by molar-refractivity contribution is -0.141. The Morgan fingerprint density at radius 3 is 2.56 bits per heavy atom. The van der Waals surface area contributed by atoms with Gasteiger partial charge in [0.1, 0.15) is 11.4 Å². The van der Waals surface area contributed by atoms with Crippen molar-refractivity contribution in [3.8, 4) is 17.2 Å². The van der Waals surface area contributed by atoms with Gasteiger partial charge < -0.3 is 9.26 Å². The van der Waals surface area contributed by atoms with Crippen LogP contribution in [0.25, 0.3) is 11.5 Å². The highest BCUT2D eigenvalue weighted by Crippen LogP contribution is 2.29. The Hall–Kier alpha value is -2.62. The maximum absolute atomic E-state index is 12.6. The maximum Gasteiger partial charge on any atom is 0.433 e. The zero-order chi connectivity index (χ0) is 17.9. The summed E-state index contributed by atoms with van der Waals surface area (Å²) in [6.45, 7) is 0. The van der Waals surface area contributed by atoms with Crippen LogP contribution in [-0.4, -0.2) is 27.2 Å². The normalized spacial score (nSPS) is 11.5. The molecule has 25 heavy (non-hydrogen) atoms. The predicted molar refractivity (Wildman–Crippen MR) is 82.9 cm³/mol. The second-order valence-electron chi connectivity index (χ2n) is 4.76. The van der Waals surface area contributed by atoms with Gasteiger partial charge in [-0.25, -0.2) is 9.97 Å². The number of hydrogen-bond donors (Lipinski definition) is 0. The third kappa shape index (κ3) is 4.27. The largest absolute Gasteiger partial charge is 0.497 e. The van der Waals surface area contributed by atoms with Gasteiger partial charge in [-0.2, -0.15) is 18.2 Å². The van der Waals surface area contributed by atoms with Gasteiger partial charge in [-0.15, -0.1) is 0 Å². The zero-order valence-electron chi connectivity index (χ0n) is 12.8. The lowest BCUT2D eigenvalue weighted by Crippen LogP contribution is -2.08. The van der Waals surface area contributed by atoms with Crippen LogP contribution in [0.1, 0.15) is 11.5 Å². The number of halogens is 3. The molecule has 0 spiro atoms. The minimum atomic E-state index is -4.51. The summed E-state index contributed by atoms with van der Waals surface area (Å²) >= 11 is 0.991. The van der Waals surface area contributed by atoms with Gasteiger partial charge in [0.15, 0.2) is 11.0 Å². The van der Waals surface area contributed by atoms with Crippen molar-refractivity contribution in [1.29, 1.82) is 0 Å². The number of benzene rings is 1. The Bertz CT molecular complexity index is 852. The van der Waals surface area contributed by atoms with Crippen LogP contribution in [0, 0.1) is 0 Å². The van der Waals surface area contributed by atoms with Crippen molar-refractivity contribution in [3.05, 3.63) is 48.0 Å². The standard InChI is InChI=1S/C15H11F3N4O2S/c1-23-10-4-2-9(3-5-10)13-21-12(22-24-13)8-25-14-19-7-6-11(20-14)15(16,17)18/h2-7H,8H2,1H3. The average molecular weight is 368 g/mol. The number of methoxy groups -OCH3 is 1. The van der Waals surface area contributed by atoms with E-state index in [-0.39, 0.29) is 10.9 Å². The van der Waals surface area contributed by atoms with Crippen molar-refractivity contribution in [1.82, 2.24) is 20.1 Å². The van der Waals surface area contributed by atoms with Crippen LogP contribution >= 0.6 is 11.8 Å². The Balaban J connectivity index is 1.67. The summed E-state index contributed by atoms with van der Waals surface area (Å²) in [4.78, 5) is 11.5. The molecule has 0 atom stereocenters. The molecule has 6 nitrogen and oxygen atoms in total. The molecule has 2 aromatic heterocycles. The van der Waals surface area contributed by atoms with Crippen LogP contribution in [-0.2, 0) is 11.9 Å². The first-order chi connectivity index (χ1) is 12.0. The third-order valence-electron chi connectivity index (χ3n) is 3.06. The van der Waals surface area contributed by atoms with Gasteiger partial charge in [0.2, 0.25) is 0 Å². The molecule has 0 unspecified atom stereocenters. The van der Waals surface area contributed by atoms with E-state index in [4.69, 9.17) is 9.26 Å². The van der Waals surface area contributed by atoms with Gasteiger partial charge >= 0.3 is 6.18 Å². The highest BCUT2D eigenvalue weighted by atomic mass is 32.2. The highest BCUT2D eigenvalue weighted by Gasteiger charge is 2.32. The number of ether oxygens (including phenoxy) is 1. The maximum atomic E-state index is 12.6. The van der Waals surface area contributed by atoms with Crippen LogP contribution in [0.5, 0.6) is 5.75 Å². The lowest BCUT2D eigenvalue weighted by atomic mass is 10.2. The molecule has 1 aromatic carbocycles. The molecule has 0 aliphatic heterocycles. The molecule has 10 heteroatoms. The Morgan fingerprint density at radius 1 is 1.12 bits per heavy atom. The molecule has 130 valence electrons. The van der Waals surface area contributed by atoms with Crippen LogP contribution in [0.4, 0.5) is 13.2 Å². The van der Waals surface area contributed by atoms with Gasteiger partial charge in [0, 0.05) is 11.8 Å². The number of thioether (sulfide) groups is 1. The summed E-state index contributed by atoms with van der Waals surface area (Å²) in [5, 5.41) is 3.80. The average Bonchev–Trinajstić information content (AvgIpc) is 3.08. The van der Waals surface area contributed by atoms with Gasteiger partial charge in [-0.3, -0.25) is 0 Å². The molecule has 0 saturated heterocycles. The van der Waals surface area contributed by atoms with Gasteiger partial charge in [0.05, 0.1) is 12.9 Å². The molecule has 3 aromatic rings. The number of nitrogens with zero attached hydrogens (tertiary/aromatic N) is 4. The number of alkyl halides is 3. The quantitative estimate of drug-likeness (QED) is 0.500. The van der Waals surface area contributed by atoms with E-state index < -0.39 is 11.9 Å². The fourth-order valence-electron chi connectivity index (χ4n) is 1.86. The van der Waals surface area contributed by atoms with Crippen molar-refractivity contribution in [3.63, 3.8) is 0 Å². The van der Waals surface area contributed by atoms with Crippen LogP contribution < -0.4 is 4.74 Å². The summed E-state index contributed by atoms with van der Waals surface area (Å²) in [6.07, 6.45) is -3.44. The van der Waals surface area contributed by atoms with E-state index in [1.54, 1.807) is 31.4 Å². The summed E-state index contributed by atoms with van der Waals surface area (Å²) < 4.78 is 48.1. The van der Waals surface area contributed by atoms with E-state index in [2.05, 4.69) is 20.1 Å². The Morgan fingerprint density at radius 2 is 1.88 bits per heavy atom. The molecular weight excluding hydrogens is 357 g/mol. The summed E-state index contributed by atoms with van der Waals surface area (Å²) in [7, 11) is 1.56. The molecule has 0 aliphatic rings. The predicted octanol–water partition coefficient (Wildman–Crippen LogP) is 3.85.